The third-order valence-corrected chi connectivity index (χ3v) is 5.88. The van der Waals surface area contributed by atoms with Crippen molar-refractivity contribution >= 4 is 0 Å². The molecule has 1 aliphatic heterocycles. The molecule has 0 radical (unpaired) electrons. The van der Waals surface area contributed by atoms with Crippen molar-refractivity contribution in [3.8, 4) is 0 Å². The van der Waals surface area contributed by atoms with E-state index in [2.05, 4.69) is 63.4 Å². The standard InChI is InChI=1S/C22H30N6/c1-17(27-14-11-23-18(27)2)22-24-21(15-19-9-12-26(3)13-10-19)25-28(22)16-20-7-5-4-6-8-20/h4-8,11,14,17,19H,9-10,12-13,15-16H2,1-3H3. The van der Waals surface area contributed by atoms with Gasteiger partial charge in [0.2, 0.25) is 0 Å². The monoisotopic (exact) mass is 378 g/mol. The second-order valence-corrected chi connectivity index (χ2v) is 8.04. The summed E-state index contributed by atoms with van der Waals surface area (Å²) in [7, 11) is 2.20. The van der Waals surface area contributed by atoms with E-state index in [1.807, 2.05) is 19.3 Å². The van der Waals surface area contributed by atoms with Gasteiger partial charge in [-0.1, -0.05) is 30.3 Å². The van der Waals surface area contributed by atoms with Crippen molar-refractivity contribution in [3.63, 3.8) is 0 Å². The molecular weight excluding hydrogens is 348 g/mol. The Balaban J connectivity index is 1.60. The maximum absolute atomic E-state index is 5.01. The molecule has 1 aliphatic rings. The van der Waals surface area contributed by atoms with Gasteiger partial charge in [0, 0.05) is 18.8 Å². The third-order valence-electron chi connectivity index (χ3n) is 5.88. The first-order valence-corrected chi connectivity index (χ1v) is 10.3. The van der Waals surface area contributed by atoms with E-state index >= 15 is 0 Å². The highest BCUT2D eigenvalue weighted by atomic mass is 15.4. The Morgan fingerprint density at radius 2 is 1.89 bits per heavy atom. The second-order valence-electron chi connectivity index (χ2n) is 8.04. The average molecular weight is 379 g/mol. The van der Waals surface area contributed by atoms with E-state index in [0.29, 0.717) is 5.92 Å². The molecule has 6 heteroatoms. The summed E-state index contributed by atoms with van der Waals surface area (Å²) >= 11 is 0. The van der Waals surface area contributed by atoms with Crippen LogP contribution in [0.3, 0.4) is 0 Å². The first-order valence-electron chi connectivity index (χ1n) is 10.3. The molecule has 0 bridgehead atoms. The van der Waals surface area contributed by atoms with Crippen LogP contribution in [0.1, 0.15) is 48.8 Å². The minimum absolute atomic E-state index is 0.102. The van der Waals surface area contributed by atoms with Crippen molar-refractivity contribution in [2.75, 3.05) is 20.1 Å². The number of hydrogen-bond donors (Lipinski definition) is 0. The highest BCUT2D eigenvalue weighted by molar-refractivity contribution is 5.16. The summed E-state index contributed by atoms with van der Waals surface area (Å²) in [5.74, 6) is 3.67. The number of likely N-dealkylation sites (tertiary alicyclic amines) is 1. The number of aromatic nitrogens is 5. The minimum atomic E-state index is 0.102. The number of nitrogens with zero attached hydrogens (tertiary/aromatic N) is 6. The number of aryl methyl sites for hydroxylation is 1. The molecule has 1 aromatic carbocycles. The van der Waals surface area contributed by atoms with Gasteiger partial charge in [0.05, 0.1) is 12.6 Å². The zero-order valence-electron chi connectivity index (χ0n) is 17.1. The van der Waals surface area contributed by atoms with Gasteiger partial charge in [-0.25, -0.2) is 14.6 Å². The predicted molar refractivity (Wildman–Crippen MR) is 110 cm³/mol. The van der Waals surface area contributed by atoms with Crippen LogP contribution < -0.4 is 0 Å². The van der Waals surface area contributed by atoms with E-state index in [4.69, 9.17) is 10.1 Å². The van der Waals surface area contributed by atoms with Crippen LogP contribution in [0.5, 0.6) is 0 Å². The van der Waals surface area contributed by atoms with Gasteiger partial charge in [0.25, 0.3) is 0 Å². The SMILES string of the molecule is Cc1nccn1C(C)c1nc(CC2CCN(C)CC2)nn1Cc1ccccc1. The fourth-order valence-corrected chi connectivity index (χ4v) is 4.12. The normalized spacial score (nSPS) is 17.1. The Bertz CT molecular complexity index is 889. The van der Waals surface area contributed by atoms with E-state index < -0.39 is 0 Å². The molecule has 0 spiro atoms. The predicted octanol–water partition coefficient (Wildman–Crippen LogP) is 3.32. The highest BCUT2D eigenvalue weighted by Gasteiger charge is 2.23. The van der Waals surface area contributed by atoms with Gasteiger partial charge in [0.1, 0.15) is 11.6 Å². The number of hydrogen-bond acceptors (Lipinski definition) is 4. The van der Waals surface area contributed by atoms with Crippen molar-refractivity contribution in [2.24, 2.45) is 5.92 Å². The molecule has 6 nitrogen and oxygen atoms in total. The molecule has 4 rings (SSSR count). The topological polar surface area (TPSA) is 51.8 Å². The molecule has 2 aromatic heterocycles. The first-order chi connectivity index (χ1) is 13.6. The summed E-state index contributed by atoms with van der Waals surface area (Å²) in [6.45, 7) is 7.31. The second kappa shape index (κ2) is 8.27. The Morgan fingerprint density at radius 3 is 2.57 bits per heavy atom. The molecule has 0 saturated carbocycles. The maximum Gasteiger partial charge on any atom is 0.151 e. The molecule has 1 saturated heterocycles. The molecular formula is C22H30N6. The van der Waals surface area contributed by atoms with Crippen LogP contribution >= 0.6 is 0 Å². The van der Waals surface area contributed by atoms with Crippen molar-refractivity contribution < 1.29 is 0 Å². The highest BCUT2D eigenvalue weighted by Crippen LogP contribution is 2.23. The summed E-state index contributed by atoms with van der Waals surface area (Å²) in [6, 6.07) is 10.6. The molecule has 28 heavy (non-hydrogen) atoms. The summed E-state index contributed by atoms with van der Waals surface area (Å²) in [5, 5.41) is 4.94. The largest absolute Gasteiger partial charge is 0.325 e. The van der Waals surface area contributed by atoms with E-state index in [9.17, 15) is 0 Å². The summed E-state index contributed by atoms with van der Waals surface area (Å²) in [4.78, 5) is 11.8. The molecule has 0 aliphatic carbocycles. The fourth-order valence-electron chi connectivity index (χ4n) is 4.12. The minimum Gasteiger partial charge on any atom is -0.325 e. The van der Waals surface area contributed by atoms with E-state index in [-0.39, 0.29) is 6.04 Å². The third kappa shape index (κ3) is 4.17. The molecule has 3 aromatic rings. The van der Waals surface area contributed by atoms with E-state index in [1.165, 1.54) is 31.5 Å². The lowest BCUT2D eigenvalue weighted by atomic mass is 9.94. The smallest absolute Gasteiger partial charge is 0.151 e. The molecule has 0 amide bonds. The van der Waals surface area contributed by atoms with Gasteiger partial charge >= 0.3 is 0 Å². The van der Waals surface area contributed by atoms with Gasteiger partial charge in [-0.15, -0.1) is 0 Å². The molecule has 1 unspecified atom stereocenters. The summed E-state index contributed by atoms with van der Waals surface area (Å²) in [5.41, 5.74) is 1.24. The lowest BCUT2D eigenvalue weighted by molar-refractivity contribution is 0.217. The van der Waals surface area contributed by atoms with Gasteiger partial charge in [-0.05, 0) is 58.3 Å². The number of imidazole rings is 1. The van der Waals surface area contributed by atoms with Crippen LogP contribution in [-0.2, 0) is 13.0 Å². The molecule has 0 N–H and O–H groups in total. The Hall–Kier alpha value is -2.47. The van der Waals surface area contributed by atoms with Crippen molar-refractivity contribution in [1.29, 1.82) is 0 Å². The average Bonchev–Trinajstić information content (AvgIpc) is 3.30. The lowest BCUT2D eigenvalue weighted by Crippen LogP contribution is -2.31. The summed E-state index contributed by atoms with van der Waals surface area (Å²) < 4.78 is 4.26. The molecule has 148 valence electrons. The molecule has 1 atom stereocenters. The van der Waals surface area contributed by atoms with Crippen LogP contribution in [0.25, 0.3) is 0 Å². The zero-order valence-corrected chi connectivity index (χ0v) is 17.1. The van der Waals surface area contributed by atoms with Crippen LogP contribution in [0.4, 0.5) is 0 Å². The van der Waals surface area contributed by atoms with Crippen molar-refractivity contribution in [3.05, 3.63) is 65.8 Å². The molecule has 1 fully saturated rings. The number of rotatable bonds is 6. The van der Waals surface area contributed by atoms with Crippen molar-refractivity contribution in [2.45, 2.75) is 45.7 Å². The van der Waals surface area contributed by atoms with Crippen LogP contribution in [0.15, 0.2) is 42.7 Å². The zero-order chi connectivity index (χ0) is 19.5. The maximum atomic E-state index is 5.01. The Labute approximate surface area is 167 Å². The van der Waals surface area contributed by atoms with Crippen molar-refractivity contribution in [1.82, 2.24) is 29.2 Å². The van der Waals surface area contributed by atoms with Gasteiger partial charge in [-0.2, -0.15) is 5.10 Å². The fraction of sp³-hybridized carbons (Fsp3) is 0.500. The van der Waals surface area contributed by atoms with E-state index in [1.54, 1.807) is 0 Å². The molecule has 3 heterocycles. The Morgan fingerprint density at radius 1 is 1.14 bits per heavy atom. The van der Waals surface area contributed by atoms with E-state index in [0.717, 1.165) is 30.4 Å². The van der Waals surface area contributed by atoms with Crippen LogP contribution in [0.2, 0.25) is 0 Å². The van der Waals surface area contributed by atoms with Gasteiger partial charge < -0.3 is 9.47 Å². The number of piperidine rings is 1. The summed E-state index contributed by atoms with van der Waals surface area (Å²) in [6.07, 6.45) is 7.31. The Kier molecular flexibility index (Phi) is 5.57. The van der Waals surface area contributed by atoms with Gasteiger partial charge in [-0.3, -0.25) is 0 Å². The quantitative estimate of drug-likeness (QED) is 0.660. The van der Waals surface area contributed by atoms with Gasteiger partial charge in [0.15, 0.2) is 5.82 Å². The van der Waals surface area contributed by atoms with Crippen LogP contribution in [-0.4, -0.2) is 49.4 Å². The lowest BCUT2D eigenvalue weighted by Gasteiger charge is -2.28. The first kappa shape index (κ1) is 18.9. The van der Waals surface area contributed by atoms with Crippen LogP contribution in [0, 0.1) is 12.8 Å². The number of benzene rings is 1.